The summed E-state index contributed by atoms with van der Waals surface area (Å²) in [6.45, 7) is 13.7. The molecule has 0 radical (unpaired) electrons. The predicted octanol–water partition coefficient (Wildman–Crippen LogP) is 4.23. The predicted molar refractivity (Wildman–Crippen MR) is 156 cm³/mol. The summed E-state index contributed by atoms with van der Waals surface area (Å²) in [4.78, 5) is 49.8. The highest BCUT2D eigenvalue weighted by atomic mass is 32.2. The number of ketones is 1. The summed E-state index contributed by atoms with van der Waals surface area (Å²) in [5, 5.41) is 12.2. The molecule has 0 aliphatic carbocycles. The molecule has 1 aromatic rings. The number of carbonyl (C=O) groups excluding carboxylic acids is 4. The van der Waals surface area contributed by atoms with Gasteiger partial charge in [-0.05, 0) is 40.7 Å². The fraction of sp³-hybridized carbons (Fsp3) is 0.630. The molecule has 4 amide bonds. The maximum absolute atomic E-state index is 12.8. The second-order valence-corrected chi connectivity index (χ2v) is 12.8. The van der Waals surface area contributed by atoms with E-state index < -0.39 is 6.03 Å². The SMILES string of the molecule is CCC(C)C(=O)CCNC(=O)NCc1cc(C(=O)NCCSC(C)C)cc(C(=O)NCCSC(C)C)c1. The minimum atomic E-state index is -0.408. The number of benzene rings is 1. The van der Waals surface area contributed by atoms with E-state index in [1.165, 1.54) is 0 Å². The second-order valence-electron chi connectivity index (χ2n) is 9.40. The van der Waals surface area contributed by atoms with E-state index in [-0.39, 0.29) is 43.0 Å². The average Bonchev–Trinajstić information content (AvgIpc) is 2.86. The number of Topliss-reactive ketones (excluding diaryl/α,β-unsaturated/α-hetero) is 1. The molecule has 0 spiro atoms. The van der Waals surface area contributed by atoms with E-state index in [1.807, 2.05) is 13.8 Å². The van der Waals surface area contributed by atoms with Crippen molar-refractivity contribution >= 4 is 47.2 Å². The van der Waals surface area contributed by atoms with E-state index in [4.69, 9.17) is 0 Å². The first-order valence-electron chi connectivity index (χ1n) is 13.0. The Morgan fingerprint density at radius 3 is 1.70 bits per heavy atom. The first-order valence-corrected chi connectivity index (χ1v) is 15.1. The Morgan fingerprint density at radius 2 is 1.24 bits per heavy atom. The number of amides is 4. The first-order chi connectivity index (χ1) is 17.5. The van der Waals surface area contributed by atoms with Crippen LogP contribution in [0.4, 0.5) is 4.79 Å². The van der Waals surface area contributed by atoms with Gasteiger partial charge < -0.3 is 21.3 Å². The van der Waals surface area contributed by atoms with Crippen molar-refractivity contribution in [2.45, 2.75) is 71.4 Å². The Balaban J connectivity index is 2.81. The highest BCUT2D eigenvalue weighted by molar-refractivity contribution is 8.00. The fourth-order valence-corrected chi connectivity index (χ4v) is 4.58. The molecule has 4 N–H and O–H groups in total. The Labute approximate surface area is 230 Å². The molecule has 10 heteroatoms. The minimum Gasteiger partial charge on any atom is -0.351 e. The molecule has 1 aromatic carbocycles. The fourth-order valence-electron chi connectivity index (χ4n) is 3.20. The molecule has 0 heterocycles. The summed E-state index contributed by atoms with van der Waals surface area (Å²) in [5.41, 5.74) is 1.38. The van der Waals surface area contributed by atoms with Gasteiger partial charge >= 0.3 is 6.03 Å². The number of rotatable bonds is 17. The van der Waals surface area contributed by atoms with Gasteiger partial charge in [0.15, 0.2) is 0 Å². The van der Waals surface area contributed by atoms with Gasteiger partial charge in [0.1, 0.15) is 5.78 Å². The van der Waals surface area contributed by atoms with Crippen molar-refractivity contribution in [2.75, 3.05) is 31.1 Å². The van der Waals surface area contributed by atoms with Gasteiger partial charge in [0.2, 0.25) is 0 Å². The van der Waals surface area contributed by atoms with Crippen LogP contribution in [0.5, 0.6) is 0 Å². The topological polar surface area (TPSA) is 116 Å². The summed E-state index contributed by atoms with van der Waals surface area (Å²) in [6, 6.07) is 4.54. The van der Waals surface area contributed by atoms with Gasteiger partial charge in [0, 0.05) is 61.2 Å². The standard InChI is InChI=1S/C27H44N4O4S2/c1-7-20(6)24(32)8-9-30-27(35)31-17-21-14-22(25(33)28-10-12-36-18(2)3)16-23(15-21)26(34)29-11-13-37-19(4)5/h14-16,18-20H,7-13,17H2,1-6H3,(H,28,33)(H,29,34)(H2,30,31,35). The van der Waals surface area contributed by atoms with Crippen LogP contribution in [0.25, 0.3) is 0 Å². The molecule has 0 fully saturated rings. The molecule has 1 atom stereocenters. The van der Waals surface area contributed by atoms with Crippen LogP contribution in [-0.2, 0) is 11.3 Å². The third-order valence-corrected chi connectivity index (χ3v) is 7.68. The largest absolute Gasteiger partial charge is 0.351 e. The molecule has 0 aliphatic heterocycles. The third-order valence-electron chi connectivity index (χ3n) is 5.47. The number of hydrogen-bond donors (Lipinski definition) is 4. The summed E-state index contributed by atoms with van der Waals surface area (Å²) in [7, 11) is 0. The molecule has 0 saturated heterocycles. The normalized spacial score (nSPS) is 11.8. The number of hydrogen-bond acceptors (Lipinski definition) is 6. The lowest BCUT2D eigenvalue weighted by molar-refractivity contribution is -0.122. The van der Waals surface area contributed by atoms with Crippen LogP contribution in [0, 0.1) is 5.92 Å². The van der Waals surface area contributed by atoms with Crippen molar-refractivity contribution in [3.63, 3.8) is 0 Å². The van der Waals surface area contributed by atoms with Crippen molar-refractivity contribution in [3.8, 4) is 0 Å². The lowest BCUT2D eigenvalue weighted by Crippen LogP contribution is -2.36. The van der Waals surface area contributed by atoms with E-state index in [0.29, 0.717) is 40.3 Å². The average molecular weight is 553 g/mol. The van der Waals surface area contributed by atoms with Crippen molar-refractivity contribution < 1.29 is 19.2 Å². The summed E-state index contributed by atoms with van der Waals surface area (Å²) in [5.74, 6) is 1.18. The van der Waals surface area contributed by atoms with Crippen LogP contribution in [0.1, 0.15) is 80.7 Å². The zero-order chi connectivity index (χ0) is 27.8. The molecule has 0 aromatic heterocycles. The van der Waals surface area contributed by atoms with Gasteiger partial charge in [-0.2, -0.15) is 23.5 Å². The lowest BCUT2D eigenvalue weighted by Gasteiger charge is -2.13. The molecule has 0 saturated carbocycles. The van der Waals surface area contributed by atoms with Gasteiger partial charge in [-0.3, -0.25) is 14.4 Å². The van der Waals surface area contributed by atoms with Crippen molar-refractivity contribution in [1.82, 2.24) is 21.3 Å². The Morgan fingerprint density at radius 1 is 0.730 bits per heavy atom. The first kappa shape index (κ1) is 32.8. The van der Waals surface area contributed by atoms with Crippen LogP contribution in [0.3, 0.4) is 0 Å². The zero-order valence-electron chi connectivity index (χ0n) is 23.1. The quantitative estimate of drug-likeness (QED) is 0.215. The van der Waals surface area contributed by atoms with Crippen molar-refractivity contribution in [1.29, 1.82) is 0 Å². The minimum absolute atomic E-state index is 0.0174. The monoisotopic (exact) mass is 552 g/mol. The summed E-state index contributed by atoms with van der Waals surface area (Å²) >= 11 is 3.52. The molecule has 0 aliphatic rings. The van der Waals surface area contributed by atoms with E-state index >= 15 is 0 Å². The van der Waals surface area contributed by atoms with Crippen LogP contribution in [-0.4, -0.2) is 65.3 Å². The third kappa shape index (κ3) is 14.4. The molecular weight excluding hydrogens is 508 g/mol. The summed E-state index contributed by atoms with van der Waals surface area (Å²) < 4.78 is 0. The zero-order valence-corrected chi connectivity index (χ0v) is 24.7. The molecular formula is C27H44N4O4S2. The van der Waals surface area contributed by atoms with Crippen LogP contribution >= 0.6 is 23.5 Å². The highest BCUT2D eigenvalue weighted by Gasteiger charge is 2.15. The van der Waals surface area contributed by atoms with Crippen LogP contribution in [0.2, 0.25) is 0 Å². The van der Waals surface area contributed by atoms with E-state index in [9.17, 15) is 19.2 Å². The number of urea groups is 1. The van der Waals surface area contributed by atoms with Gasteiger partial charge in [-0.15, -0.1) is 0 Å². The second kappa shape index (κ2) is 18.1. The van der Waals surface area contributed by atoms with Crippen molar-refractivity contribution in [3.05, 3.63) is 34.9 Å². The number of carbonyl (C=O) groups is 4. The molecule has 1 unspecified atom stereocenters. The molecule has 8 nitrogen and oxygen atoms in total. The molecule has 37 heavy (non-hydrogen) atoms. The lowest BCUT2D eigenvalue weighted by atomic mass is 10.0. The van der Waals surface area contributed by atoms with Crippen LogP contribution < -0.4 is 21.3 Å². The summed E-state index contributed by atoms with van der Waals surface area (Å²) in [6.07, 6.45) is 1.06. The van der Waals surface area contributed by atoms with Crippen molar-refractivity contribution in [2.24, 2.45) is 5.92 Å². The molecule has 0 bridgehead atoms. The van der Waals surface area contributed by atoms with Gasteiger partial charge in [-0.25, -0.2) is 4.79 Å². The smallest absolute Gasteiger partial charge is 0.315 e. The van der Waals surface area contributed by atoms with Gasteiger partial charge in [0.25, 0.3) is 11.8 Å². The Hall–Kier alpha value is -2.20. The van der Waals surface area contributed by atoms with Gasteiger partial charge in [0.05, 0.1) is 0 Å². The molecule has 1 rings (SSSR count). The van der Waals surface area contributed by atoms with Gasteiger partial charge in [-0.1, -0.05) is 41.5 Å². The van der Waals surface area contributed by atoms with Crippen LogP contribution in [0.15, 0.2) is 18.2 Å². The van der Waals surface area contributed by atoms with E-state index in [1.54, 1.807) is 41.7 Å². The maximum Gasteiger partial charge on any atom is 0.315 e. The molecule has 208 valence electrons. The Bertz CT molecular complexity index is 847. The Kier molecular flexibility index (Phi) is 16.1. The van der Waals surface area contributed by atoms with E-state index in [0.717, 1.165) is 17.9 Å². The number of nitrogens with one attached hydrogen (secondary N) is 4. The van der Waals surface area contributed by atoms with E-state index in [2.05, 4.69) is 49.0 Å². The number of thioether (sulfide) groups is 2. The maximum atomic E-state index is 12.8. The highest BCUT2D eigenvalue weighted by Crippen LogP contribution is 2.13.